The Morgan fingerprint density at radius 2 is 2.11 bits per heavy atom. The summed E-state index contributed by atoms with van der Waals surface area (Å²) in [5, 5.41) is 12.4. The van der Waals surface area contributed by atoms with Crippen molar-refractivity contribution >= 4 is 11.7 Å². The predicted molar refractivity (Wildman–Crippen MR) is 72.3 cm³/mol. The molecule has 1 heterocycles. The van der Waals surface area contributed by atoms with Crippen LogP contribution in [0.15, 0.2) is 6.07 Å². The van der Waals surface area contributed by atoms with E-state index < -0.39 is 5.97 Å². The smallest absolute Gasteiger partial charge is 0.339 e. The van der Waals surface area contributed by atoms with Gasteiger partial charge in [0.05, 0.1) is 11.4 Å². The number of hydrogen-bond donors (Lipinski definition) is 2. The Morgan fingerprint density at radius 3 is 2.61 bits per heavy atom. The first-order chi connectivity index (χ1) is 8.32. The topological polar surface area (TPSA) is 65.5 Å². The molecule has 1 atom stereocenters. The normalized spacial score (nSPS) is 12.6. The van der Waals surface area contributed by atoms with Crippen molar-refractivity contribution in [1.82, 2.24) is 9.88 Å². The standard InChI is InChI=1S/C13H21N3O2/c1-8-6-11(14-7-9(2)16(4)5)12(13(17)18)10(3)15-8/h6,9H,7H2,1-5H3,(H,14,15)(H,17,18). The Hall–Kier alpha value is -1.62. The van der Waals surface area contributed by atoms with Gasteiger partial charge in [0, 0.05) is 18.3 Å². The lowest BCUT2D eigenvalue weighted by molar-refractivity contribution is 0.0696. The van der Waals surface area contributed by atoms with Gasteiger partial charge in [-0.15, -0.1) is 0 Å². The average molecular weight is 251 g/mol. The minimum Gasteiger partial charge on any atom is -0.478 e. The molecule has 0 fully saturated rings. The first kappa shape index (κ1) is 14.4. The van der Waals surface area contributed by atoms with Gasteiger partial charge >= 0.3 is 5.97 Å². The second-order valence-corrected chi connectivity index (χ2v) is 4.77. The number of anilines is 1. The Balaban J connectivity index is 2.97. The molecule has 5 heteroatoms. The van der Waals surface area contributed by atoms with Crippen molar-refractivity contribution < 1.29 is 9.90 Å². The van der Waals surface area contributed by atoms with Gasteiger partial charge < -0.3 is 15.3 Å². The van der Waals surface area contributed by atoms with Crippen LogP contribution in [0, 0.1) is 13.8 Å². The quantitative estimate of drug-likeness (QED) is 0.834. The number of nitrogens with zero attached hydrogens (tertiary/aromatic N) is 2. The zero-order valence-corrected chi connectivity index (χ0v) is 11.6. The number of hydrogen-bond acceptors (Lipinski definition) is 4. The van der Waals surface area contributed by atoms with Gasteiger partial charge in [0.15, 0.2) is 0 Å². The van der Waals surface area contributed by atoms with Crippen LogP contribution in [0.3, 0.4) is 0 Å². The highest BCUT2D eigenvalue weighted by molar-refractivity contribution is 5.95. The Bertz CT molecular complexity index is 444. The molecule has 1 unspecified atom stereocenters. The summed E-state index contributed by atoms with van der Waals surface area (Å²) in [5.74, 6) is -0.944. The zero-order chi connectivity index (χ0) is 13.9. The highest BCUT2D eigenvalue weighted by Crippen LogP contribution is 2.19. The maximum Gasteiger partial charge on any atom is 0.339 e. The number of aryl methyl sites for hydroxylation is 2. The zero-order valence-electron chi connectivity index (χ0n) is 11.6. The molecule has 0 aliphatic carbocycles. The second kappa shape index (κ2) is 5.82. The number of carbonyl (C=O) groups is 1. The average Bonchev–Trinajstić information content (AvgIpc) is 2.23. The van der Waals surface area contributed by atoms with Crippen molar-refractivity contribution in [2.75, 3.05) is 26.0 Å². The van der Waals surface area contributed by atoms with E-state index in [0.29, 0.717) is 24.0 Å². The van der Waals surface area contributed by atoms with Crippen LogP contribution >= 0.6 is 0 Å². The Morgan fingerprint density at radius 1 is 1.50 bits per heavy atom. The van der Waals surface area contributed by atoms with Crippen molar-refractivity contribution in [1.29, 1.82) is 0 Å². The van der Waals surface area contributed by atoms with Crippen LogP contribution in [0.5, 0.6) is 0 Å². The summed E-state index contributed by atoms with van der Waals surface area (Å²) >= 11 is 0. The predicted octanol–water partition coefficient (Wildman–Crippen LogP) is 1.76. The third-order valence-electron chi connectivity index (χ3n) is 3.01. The van der Waals surface area contributed by atoms with E-state index in [-0.39, 0.29) is 5.56 Å². The molecule has 0 saturated heterocycles. The van der Waals surface area contributed by atoms with Crippen LogP contribution in [0.2, 0.25) is 0 Å². The molecule has 0 aliphatic rings. The highest BCUT2D eigenvalue weighted by Gasteiger charge is 2.16. The number of likely N-dealkylation sites (N-methyl/N-ethyl adjacent to an activating group) is 1. The van der Waals surface area contributed by atoms with E-state index in [0.717, 1.165) is 5.69 Å². The first-order valence-electron chi connectivity index (χ1n) is 5.94. The molecule has 100 valence electrons. The third-order valence-corrected chi connectivity index (χ3v) is 3.01. The van der Waals surface area contributed by atoms with E-state index >= 15 is 0 Å². The van der Waals surface area contributed by atoms with Gasteiger partial charge in [0.1, 0.15) is 5.56 Å². The van der Waals surface area contributed by atoms with E-state index in [1.165, 1.54) is 0 Å². The lowest BCUT2D eigenvalue weighted by Gasteiger charge is -2.21. The second-order valence-electron chi connectivity index (χ2n) is 4.77. The lowest BCUT2D eigenvalue weighted by atomic mass is 10.1. The fourth-order valence-electron chi connectivity index (χ4n) is 1.68. The molecule has 18 heavy (non-hydrogen) atoms. The summed E-state index contributed by atoms with van der Waals surface area (Å²) < 4.78 is 0. The maximum absolute atomic E-state index is 11.2. The summed E-state index contributed by atoms with van der Waals surface area (Å²) in [4.78, 5) is 17.5. The summed E-state index contributed by atoms with van der Waals surface area (Å²) in [6, 6.07) is 2.10. The molecular formula is C13H21N3O2. The van der Waals surface area contributed by atoms with Gasteiger partial charge in [-0.2, -0.15) is 0 Å². The molecule has 0 saturated carbocycles. The number of aromatic nitrogens is 1. The minimum absolute atomic E-state index is 0.256. The van der Waals surface area contributed by atoms with Gasteiger partial charge in [0.2, 0.25) is 0 Å². The van der Waals surface area contributed by atoms with Crippen LogP contribution in [0.4, 0.5) is 5.69 Å². The van der Waals surface area contributed by atoms with Crippen molar-refractivity contribution in [3.63, 3.8) is 0 Å². The summed E-state index contributed by atoms with van der Waals surface area (Å²) in [6.45, 7) is 6.35. The molecule has 1 rings (SSSR count). The summed E-state index contributed by atoms with van der Waals surface area (Å²) in [5.41, 5.74) is 2.26. The van der Waals surface area contributed by atoms with Gasteiger partial charge in [-0.25, -0.2) is 4.79 Å². The van der Waals surface area contributed by atoms with E-state index in [2.05, 4.69) is 22.1 Å². The summed E-state index contributed by atoms with van der Waals surface area (Å²) in [7, 11) is 3.99. The minimum atomic E-state index is -0.944. The number of rotatable bonds is 5. The molecule has 0 amide bonds. The van der Waals surface area contributed by atoms with E-state index in [1.54, 1.807) is 13.0 Å². The summed E-state index contributed by atoms with van der Waals surface area (Å²) in [6.07, 6.45) is 0. The number of carboxylic acids is 1. The lowest BCUT2D eigenvalue weighted by Crippen LogP contribution is -2.32. The SMILES string of the molecule is Cc1cc(NCC(C)N(C)C)c(C(=O)O)c(C)n1. The van der Waals surface area contributed by atoms with Crippen LogP contribution in [0.1, 0.15) is 28.7 Å². The van der Waals surface area contributed by atoms with Crippen molar-refractivity contribution in [2.45, 2.75) is 26.8 Å². The van der Waals surface area contributed by atoms with Crippen molar-refractivity contribution in [3.05, 3.63) is 23.0 Å². The van der Waals surface area contributed by atoms with Crippen molar-refractivity contribution in [3.8, 4) is 0 Å². The third kappa shape index (κ3) is 3.43. The van der Waals surface area contributed by atoms with E-state index in [4.69, 9.17) is 0 Å². The molecule has 2 N–H and O–H groups in total. The first-order valence-corrected chi connectivity index (χ1v) is 5.94. The van der Waals surface area contributed by atoms with E-state index in [1.807, 2.05) is 21.0 Å². The fraction of sp³-hybridized carbons (Fsp3) is 0.538. The molecule has 0 radical (unpaired) electrons. The van der Waals surface area contributed by atoms with Gasteiger partial charge in [-0.3, -0.25) is 4.98 Å². The van der Waals surface area contributed by atoms with Crippen LogP contribution in [0.25, 0.3) is 0 Å². The van der Waals surface area contributed by atoms with E-state index in [9.17, 15) is 9.90 Å². The Kier molecular flexibility index (Phi) is 4.67. The van der Waals surface area contributed by atoms with Crippen LogP contribution in [-0.4, -0.2) is 47.6 Å². The molecule has 5 nitrogen and oxygen atoms in total. The molecule has 0 bridgehead atoms. The monoisotopic (exact) mass is 251 g/mol. The van der Waals surface area contributed by atoms with Gasteiger partial charge in [-0.1, -0.05) is 0 Å². The van der Waals surface area contributed by atoms with Crippen LogP contribution in [-0.2, 0) is 0 Å². The van der Waals surface area contributed by atoms with Gasteiger partial charge in [0.25, 0.3) is 0 Å². The molecule has 0 spiro atoms. The largest absolute Gasteiger partial charge is 0.478 e. The number of pyridine rings is 1. The number of aromatic carboxylic acids is 1. The van der Waals surface area contributed by atoms with Crippen molar-refractivity contribution in [2.24, 2.45) is 0 Å². The number of carboxylic acid groups (broad SMARTS) is 1. The molecule has 1 aromatic rings. The fourth-order valence-corrected chi connectivity index (χ4v) is 1.68. The molecular weight excluding hydrogens is 230 g/mol. The molecule has 0 aliphatic heterocycles. The Labute approximate surface area is 108 Å². The number of nitrogens with one attached hydrogen (secondary N) is 1. The molecule has 0 aromatic carbocycles. The molecule has 1 aromatic heterocycles. The van der Waals surface area contributed by atoms with Gasteiger partial charge in [-0.05, 0) is 40.9 Å². The van der Waals surface area contributed by atoms with Crippen LogP contribution < -0.4 is 5.32 Å². The highest BCUT2D eigenvalue weighted by atomic mass is 16.4. The maximum atomic E-state index is 11.2.